The van der Waals surface area contributed by atoms with Gasteiger partial charge in [-0.3, -0.25) is 10.5 Å². The van der Waals surface area contributed by atoms with Crippen LogP contribution in [0.4, 0.5) is 0 Å². The molecule has 0 unspecified atom stereocenters. The Balaban J connectivity index is 2.99. The van der Waals surface area contributed by atoms with Crippen LogP contribution in [0.2, 0.25) is 0 Å². The summed E-state index contributed by atoms with van der Waals surface area (Å²) in [6.07, 6.45) is 0.979. The Labute approximate surface area is 48.8 Å². The smallest absolute Gasteiger partial charge is 0.305 e. The van der Waals surface area contributed by atoms with Gasteiger partial charge in [0.2, 0.25) is 0 Å². The molecule has 0 bridgehead atoms. The maximum absolute atomic E-state index is 10.3. The van der Waals surface area contributed by atoms with Crippen LogP contribution in [0.25, 0.3) is 0 Å². The van der Waals surface area contributed by atoms with Crippen molar-refractivity contribution in [2.45, 2.75) is 12.8 Å². The minimum atomic E-state index is -0.225. The molecule has 0 aromatic heterocycles. The highest BCUT2D eigenvalue weighted by Crippen LogP contribution is 1.87. The normalized spacial score (nSPS) is 8.75. The van der Waals surface area contributed by atoms with Gasteiger partial charge in [0.15, 0.2) is 0 Å². The molecule has 0 rings (SSSR count). The molecule has 3 heteroatoms. The Morgan fingerprint density at radius 1 is 1.75 bits per heavy atom. The molecular formula is C5H10NO2. The van der Waals surface area contributed by atoms with Gasteiger partial charge in [-0.05, 0) is 6.42 Å². The quantitative estimate of drug-likeness (QED) is 0.495. The van der Waals surface area contributed by atoms with E-state index in [9.17, 15) is 4.79 Å². The molecular weight excluding hydrogens is 106 g/mol. The standard InChI is InChI=1S/C5H10NO2/c1-8-5(7)3-2-4-6/h6H,2-4H2,1H3. The molecule has 0 spiro atoms. The lowest BCUT2D eigenvalue weighted by Crippen LogP contribution is -2.00. The molecule has 0 aliphatic heterocycles. The molecule has 1 radical (unpaired) electrons. The minimum Gasteiger partial charge on any atom is -0.469 e. The average molecular weight is 116 g/mol. The van der Waals surface area contributed by atoms with E-state index in [1.807, 2.05) is 0 Å². The Kier molecular flexibility index (Phi) is 4.26. The first-order chi connectivity index (χ1) is 3.81. The molecule has 0 aliphatic rings. The van der Waals surface area contributed by atoms with Crippen molar-refractivity contribution in [1.29, 1.82) is 0 Å². The number of carbonyl (C=O) groups is 1. The summed E-state index contributed by atoms with van der Waals surface area (Å²) in [4.78, 5) is 10.3. The van der Waals surface area contributed by atoms with Gasteiger partial charge >= 0.3 is 5.97 Å². The third-order valence-corrected chi connectivity index (χ3v) is 0.785. The fraction of sp³-hybridized carbons (Fsp3) is 0.800. The highest BCUT2D eigenvalue weighted by molar-refractivity contribution is 5.68. The zero-order valence-corrected chi connectivity index (χ0v) is 4.94. The van der Waals surface area contributed by atoms with Gasteiger partial charge in [0, 0.05) is 13.0 Å². The number of esters is 1. The van der Waals surface area contributed by atoms with Crippen LogP contribution < -0.4 is 5.73 Å². The van der Waals surface area contributed by atoms with E-state index in [0.29, 0.717) is 19.4 Å². The summed E-state index contributed by atoms with van der Waals surface area (Å²) in [7, 11) is 1.35. The van der Waals surface area contributed by atoms with E-state index in [2.05, 4.69) is 4.74 Å². The minimum absolute atomic E-state index is 0.225. The van der Waals surface area contributed by atoms with Crippen molar-refractivity contribution in [3.63, 3.8) is 0 Å². The number of hydrogen-bond acceptors (Lipinski definition) is 2. The van der Waals surface area contributed by atoms with Gasteiger partial charge in [0.05, 0.1) is 7.11 Å². The third kappa shape index (κ3) is 3.61. The molecule has 0 aliphatic carbocycles. The molecule has 0 aromatic carbocycles. The monoisotopic (exact) mass is 116 g/mol. The molecule has 0 amide bonds. The molecule has 0 aromatic rings. The molecule has 1 N–H and O–H groups in total. The summed E-state index contributed by atoms with van der Waals surface area (Å²) in [5.41, 5.74) is 6.66. The van der Waals surface area contributed by atoms with Crippen molar-refractivity contribution in [3.05, 3.63) is 0 Å². The average Bonchev–Trinajstić information content (AvgIpc) is 1.83. The van der Waals surface area contributed by atoms with Crippen molar-refractivity contribution < 1.29 is 9.53 Å². The molecule has 3 nitrogen and oxygen atoms in total. The van der Waals surface area contributed by atoms with Gasteiger partial charge in [0.1, 0.15) is 0 Å². The second-order valence-corrected chi connectivity index (χ2v) is 1.43. The summed E-state index contributed by atoms with van der Waals surface area (Å²) in [5, 5.41) is 0. The maximum Gasteiger partial charge on any atom is 0.305 e. The largest absolute Gasteiger partial charge is 0.469 e. The number of rotatable bonds is 3. The Bertz CT molecular complexity index is 72.8. The number of nitrogens with one attached hydrogen (secondary N) is 1. The van der Waals surface area contributed by atoms with Crippen LogP contribution in [0, 0.1) is 0 Å². The van der Waals surface area contributed by atoms with E-state index < -0.39 is 0 Å². The van der Waals surface area contributed by atoms with Crippen LogP contribution in [0.3, 0.4) is 0 Å². The van der Waals surface area contributed by atoms with E-state index in [4.69, 9.17) is 5.73 Å². The first-order valence-electron chi connectivity index (χ1n) is 2.52. The van der Waals surface area contributed by atoms with Gasteiger partial charge in [-0.25, -0.2) is 0 Å². The van der Waals surface area contributed by atoms with E-state index >= 15 is 0 Å². The van der Waals surface area contributed by atoms with Crippen molar-refractivity contribution >= 4 is 5.97 Å². The number of hydrogen-bond donors (Lipinski definition) is 0. The molecule has 0 saturated heterocycles. The molecule has 0 saturated carbocycles. The van der Waals surface area contributed by atoms with Gasteiger partial charge in [-0.1, -0.05) is 0 Å². The van der Waals surface area contributed by atoms with Crippen LogP contribution in [-0.2, 0) is 9.53 Å². The number of methoxy groups -OCH3 is 1. The van der Waals surface area contributed by atoms with Crippen LogP contribution >= 0.6 is 0 Å². The highest BCUT2D eigenvalue weighted by Gasteiger charge is 1.95. The number of ether oxygens (including phenoxy) is 1. The highest BCUT2D eigenvalue weighted by atomic mass is 16.5. The van der Waals surface area contributed by atoms with Crippen LogP contribution in [0.15, 0.2) is 0 Å². The summed E-state index contributed by atoms with van der Waals surface area (Å²) in [6, 6.07) is 0. The lowest BCUT2D eigenvalue weighted by molar-refractivity contribution is -0.140. The van der Waals surface area contributed by atoms with Gasteiger partial charge in [-0.2, -0.15) is 0 Å². The van der Waals surface area contributed by atoms with Crippen LogP contribution in [0.1, 0.15) is 12.8 Å². The Morgan fingerprint density at radius 3 is 2.75 bits per heavy atom. The van der Waals surface area contributed by atoms with Crippen molar-refractivity contribution in [3.8, 4) is 0 Å². The van der Waals surface area contributed by atoms with Crippen LogP contribution in [0.5, 0.6) is 0 Å². The summed E-state index contributed by atoms with van der Waals surface area (Å²) in [6.45, 7) is 0.301. The Morgan fingerprint density at radius 2 is 2.38 bits per heavy atom. The van der Waals surface area contributed by atoms with E-state index in [0.717, 1.165) is 0 Å². The molecule has 0 fully saturated rings. The fourth-order valence-corrected chi connectivity index (χ4v) is 0.335. The zero-order chi connectivity index (χ0) is 6.41. The number of carbonyl (C=O) groups excluding carboxylic acids is 1. The summed E-state index contributed by atoms with van der Waals surface area (Å²) >= 11 is 0. The third-order valence-electron chi connectivity index (χ3n) is 0.785. The van der Waals surface area contributed by atoms with Gasteiger partial charge in [-0.15, -0.1) is 0 Å². The summed E-state index contributed by atoms with van der Waals surface area (Å²) < 4.78 is 4.33. The van der Waals surface area contributed by atoms with Crippen LogP contribution in [-0.4, -0.2) is 19.6 Å². The second-order valence-electron chi connectivity index (χ2n) is 1.43. The Hall–Kier alpha value is -0.570. The molecule has 0 atom stereocenters. The molecule has 0 heterocycles. The van der Waals surface area contributed by atoms with E-state index in [1.165, 1.54) is 7.11 Å². The maximum atomic E-state index is 10.3. The van der Waals surface area contributed by atoms with Crippen molar-refractivity contribution in [2.24, 2.45) is 0 Å². The van der Waals surface area contributed by atoms with Gasteiger partial charge < -0.3 is 4.74 Å². The molecule has 47 valence electrons. The molecule has 8 heavy (non-hydrogen) atoms. The predicted molar refractivity (Wildman–Crippen MR) is 29.2 cm³/mol. The predicted octanol–water partition coefficient (Wildman–Crippen LogP) is 0.222. The van der Waals surface area contributed by atoms with E-state index in [1.54, 1.807) is 0 Å². The van der Waals surface area contributed by atoms with Crippen molar-refractivity contribution in [1.82, 2.24) is 5.73 Å². The zero-order valence-electron chi connectivity index (χ0n) is 4.94. The first kappa shape index (κ1) is 7.43. The van der Waals surface area contributed by atoms with Crippen molar-refractivity contribution in [2.75, 3.05) is 13.7 Å². The topological polar surface area (TPSA) is 50.1 Å². The van der Waals surface area contributed by atoms with E-state index in [-0.39, 0.29) is 5.97 Å². The van der Waals surface area contributed by atoms with Gasteiger partial charge in [0.25, 0.3) is 0 Å². The second kappa shape index (κ2) is 4.59. The fourth-order valence-electron chi connectivity index (χ4n) is 0.335. The SMILES string of the molecule is COC(=O)CCC[NH]. The summed E-state index contributed by atoms with van der Waals surface area (Å²) in [5.74, 6) is -0.225. The lowest BCUT2D eigenvalue weighted by atomic mass is 10.3. The lowest BCUT2D eigenvalue weighted by Gasteiger charge is -1.93. The first-order valence-corrected chi connectivity index (χ1v) is 2.52.